The van der Waals surface area contributed by atoms with Crippen LogP contribution >= 0.6 is 31.3 Å². The average Bonchev–Trinajstić information content (AvgIpc) is 1.66. The van der Waals surface area contributed by atoms with Gasteiger partial charge in [-0.05, 0) is 27.7 Å². The molecule has 0 bridgehead atoms. The van der Waals surface area contributed by atoms with Crippen LogP contribution in [0.4, 0.5) is 0 Å². The highest BCUT2D eigenvalue weighted by molar-refractivity contribution is 7.48. The number of rotatable bonds is 26. The van der Waals surface area contributed by atoms with E-state index in [4.69, 9.17) is 59.9 Å². The van der Waals surface area contributed by atoms with Crippen molar-refractivity contribution in [3.63, 3.8) is 0 Å². The zero-order valence-corrected chi connectivity index (χ0v) is 54.3. The van der Waals surface area contributed by atoms with Crippen LogP contribution < -0.4 is 56.2 Å². The minimum Gasteiger partial charge on any atom is -0.394 e. The number of nitrogens with one attached hydrogen (secondary N) is 5. The lowest BCUT2D eigenvalue weighted by Crippen LogP contribution is -2.37. The summed E-state index contributed by atoms with van der Waals surface area (Å²) >= 11 is 0. The van der Waals surface area contributed by atoms with Crippen LogP contribution in [0.3, 0.4) is 0 Å². The van der Waals surface area contributed by atoms with Gasteiger partial charge in [0.25, 0.3) is 27.8 Å². The number of phosphoric acid groups is 4. The van der Waals surface area contributed by atoms with Crippen molar-refractivity contribution in [3.8, 4) is 0 Å². The average molecular weight is 1480 g/mol. The minimum atomic E-state index is -5.60. The fraction of sp³-hybridized carbons (Fsp3) is 0.600. The summed E-state index contributed by atoms with van der Waals surface area (Å²) in [5.41, 5.74) is -9.06. The fourth-order valence-corrected chi connectivity index (χ4v) is 14.8. The Morgan fingerprint density at radius 2 is 0.694 bits per heavy atom. The smallest absolute Gasteiger partial charge is 0.394 e. The lowest BCUT2D eigenvalue weighted by Gasteiger charge is -2.25. The molecule has 10 heterocycles. The van der Waals surface area contributed by atoms with Gasteiger partial charge in [0.05, 0.1) is 33.0 Å². The molecule has 5 saturated heterocycles. The van der Waals surface area contributed by atoms with E-state index in [1.807, 2.05) is 15.0 Å². The summed E-state index contributed by atoms with van der Waals surface area (Å²) < 4.78 is 131. The van der Waals surface area contributed by atoms with Crippen molar-refractivity contribution in [1.82, 2.24) is 47.8 Å². The van der Waals surface area contributed by atoms with Gasteiger partial charge in [0, 0.05) is 85.0 Å². The van der Waals surface area contributed by atoms with Crippen molar-refractivity contribution in [1.29, 1.82) is 0 Å². The molecule has 5 aromatic rings. The Morgan fingerprint density at radius 3 is 0.990 bits per heavy atom. The van der Waals surface area contributed by atoms with E-state index in [1.165, 1.54) is 27.7 Å². The topological polar surface area (TPSA) is 604 Å². The van der Waals surface area contributed by atoms with Gasteiger partial charge in [-0.15, -0.1) is 0 Å². The second-order valence-electron chi connectivity index (χ2n) is 22.8. The van der Waals surface area contributed by atoms with E-state index in [-0.39, 0.29) is 36.1 Å². The Hall–Kier alpha value is -6.48. The maximum Gasteiger partial charge on any atom is 0.472 e. The van der Waals surface area contributed by atoms with Crippen molar-refractivity contribution in [2.45, 2.75) is 159 Å². The predicted octanol–water partition coefficient (Wildman–Crippen LogP) is -3.62. The van der Waals surface area contributed by atoms with Crippen molar-refractivity contribution in [2.24, 2.45) is 0 Å². The number of aryl methyl sites for hydroxylation is 4. The summed E-state index contributed by atoms with van der Waals surface area (Å²) in [5, 5.41) is 31.5. The molecule has 5 aliphatic heterocycles. The number of aromatic nitrogens is 10. The van der Waals surface area contributed by atoms with E-state index in [0.717, 1.165) is 59.9 Å². The molecule has 5 aromatic heterocycles. The molecule has 5 aliphatic rings. The molecule has 542 valence electrons. The highest BCUT2D eigenvalue weighted by atomic mass is 31.2. The first-order valence-electron chi connectivity index (χ1n) is 28.9. The molecular weight excluding hydrogens is 1410 g/mol. The Balaban J connectivity index is 0.0000112. The van der Waals surface area contributed by atoms with Gasteiger partial charge in [0.1, 0.15) is 92.1 Å². The fourth-order valence-electron chi connectivity index (χ4n) is 10.9. The second kappa shape index (κ2) is 30.0. The van der Waals surface area contributed by atoms with Crippen LogP contribution in [0.15, 0.2) is 85.0 Å². The zero-order valence-electron chi connectivity index (χ0n) is 50.7. The van der Waals surface area contributed by atoms with E-state index >= 15 is 0 Å². The quantitative estimate of drug-likeness (QED) is 0.0238. The van der Waals surface area contributed by atoms with Gasteiger partial charge in [0.15, 0.2) is 6.23 Å². The van der Waals surface area contributed by atoms with E-state index in [1.54, 1.807) is 0 Å². The number of aromatic amines is 5. The highest BCUT2D eigenvalue weighted by Gasteiger charge is 2.51. The second-order valence-corrected chi connectivity index (χ2v) is 28.4. The van der Waals surface area contributed by atoms with Crippen molar-refractivity contribution < 1.29 is 113 Å². The normalized spacial score (nSPS) is 30.4. The Bertz CT molecular complexity index is 4620. The first-order chi connectivity index (χ1) is 45.5. The number of H-pyrrole nitrogens is 5. The van der Waals surface area contributed by atoms with Crippen LogP contribution in [0.5, 0.6) is 0 Å². The monoisotopic (exact) mass is 1480 g/mol. The largest absolute Gasteiger partial charge is 0.472 e. The number of ether oxygens (including phenoxy) is 5. The number of hydrogen-bond acceptors (Lipinski definition) is 30. The summed E-state index contributed by atoms with van der Waals surface area (Å²) in [6, 6.07) is 0.909. The molecule has 0 aliphatic carbocycles. The first-order valence-corrected chi connectivity index (χ1v) is 34.9. The number of aliphatic hydroxyl groups is 3. The number of phosphoric ester groups is 4. The Labute approximate surface area is 546 Å². The molecule has 0 aromatic carbocycles. The van der Waals surface area contributed by atoms with E-state index < -0.39 is 238 Å². The molecular formula is C50H68N10O34P4. The lowest BCUT2D eigenvalue weighted by molar-refractivity contribution is -0.0658. The molecule has 48 heteroatoms. The van der Waals surface area contributed by atoms with Crippen LogP contribution in [-0.4, -0.2) is 183 Å². The number of hydrogen-bond donors (Lipinski definition) is 12. The summed E-state index contributed by atoms with van der Waals surface area (Å²) in [5.74, 6) is 0. The van der Waals surface area contributed by atoms with Crippen LogP contribution in [0, 0.1) is 27.7 Å². The molecule has 0 amide bonds. The molecule has 98 heavy (non-hydrogen) atoms. The Morgan fingerprint density at radius 1 is 0.418 bits per heavy atom. The van der Waals surface area contributed by atoms with Gasteiger partial charge in [0.2, 0.25) is 0 Å². The summed E-state index contributed by atoms with van der Waals surface area (Å²) in [7, 11) is -21.9. The molecule has 0 radical (unpaired) electrons. The van der Waals surface area contributed by atoms with E-state index in [0.29, 0.717) is 0 Å². The molecule has 5 fully saturated rings. The first kappa shape index (κ1) is 75.7. The maximum absolute atomic E-state index is 14.1. The number of aliphatic hydroxyl groups excluding tert-OH is 3. The van der Waals surface area contributed by atoms with Gasteiger partial charge >= 0.3 is 59.7 Å². The van der Waals surface area contributed by atoms with Gasteiger partial charge in [-0.3, -0.25) is 108 Å². The predicted molar refractivity (Wildman–Crippen MR) is 322 cm³/mol. The molecule has 10 rings (SSSR count). The minimum absolute atomic E-state index is 0. The molecule has 0 saturated carbocycles. The van der Waals surface area contributed by atoms with Crippen LogP contribution in [-0.2, 0) is 78.1 Å². The lowest BCUT2D eigenvalue weighted by atomic mass is 10.1. The van der Waals surface area contributed by atoms with E-state index in [2.05, 4.69) is 9.97 Å². The SMILES string of the molecule is C.Cc1cn([C@H]2CC(OP(=O)(O)OC[C@H]3O[C@@H](n4cc(C)c(=O)[nH]c4=O)CC3OP(=O)(O)OC[C@H]3O[C@@H](n4cc(C)c(=O)[nH]c4=O)CC3OP(=O)(O)OC[C@H]3O[C@@H](n4cc(C)c(=O)[nH]c4=O)CC3OP(=O)(O)OC[C@H]3O[C@@H](n4ccc(=O)[nH]c4=O)[C@@H](O)C3O)[C@@H](CO)O2)c(=O)[nH]c1=O. The molecule has 44 nitrogen and oxygen atoms in total. The number of nitrogens with zero attached hydrogens (tertiary/aromatic N) is 5. The van der Waals surface area contributed by atoms with Gasteiger partial charge in [-0.25, -0.2) is 42.2 Å². The third-order valence-corrected chi connectivity index (χ3v) is 19.9. The third kappa shape index (κ3) is 17.4. The van der Waals surface area contributed by atoms with Crippen LogP contribution in [0.1, 0.15) is 86.5 Å². The van der Waals surface area contributed by atoms with Crippen LogP contribution in [0.25, 0.3) is 0 Å². The van der Waals surface area contributed by atoms with Crippen molar-refractivity contribution in [3.05, 3.63) is 163 Å². The Kier molecular flexibility index (Phi) is 23.2. The van der Waals surface area contributed by atoms with Crippen molar-refractivity contribution >= 4 is 31.3 Å². The van der Waals surface area contributed by atoms with Gasteiger partial charge in [-0.1, -0.05) is 7.43 Å². The zero-order chi connectivity index (χ0) is 70.5. The van der Waals surface area contributed by atoms with Gasteiger partial charge < -0.3 is 58.6 Å². The summed E-state index contributed by atoms with van der Waals surface area (Å²) in [6.45, 7) is 0.162. The standard InChI is InChI=1S/C49H64N10O34P4.CH4/c1-20-11-56(46(69)51-40(20)64)34-7-24(28(15-60)85-34)90-94(73,74)81-16-29-25(8-35(86-29)57-12-21(2)41(65)52-47(57)70)91-95(75,76)82-17-30-26(9-36(87-30)58-13-22(3)42(66)53-48(58)71)92-96(77,78)83-18-31-27(10-37(88-31)59-14-23(4)43(67)54-49(59)72)93-97(79,80)84-19-32-38(62)39(63)44(89-32)55-6-5-33(61)50-45(55)68;/h5-6,11-14,24-32,34-39,44,60,62-63H,7-10,15-19H2,1-4H3,(H,73,74)(H,75,76)(H,77,78)(H,79,80)(H,50,61,68)(H,51,64,69)(H,52,65,70)(H,53,66,71)(H,54,67,72);1H4/t24?,25?,26?,27?,28-,29-,30-,31-,32-,34-,35-,36-,37-,38?,39+,44-;/m1./s1. The summed E-state index contributed by atoms with van der Waals surface area (Å²) in [4.78, 5) is 180. The summed E-state index contributed by atoms with van der Waals surface area (Å²) in [6.07, 6.45) is -23.1. The highest BCUT2D eigenvalue weighted by Crippen LogP contribution is 2.55. The molecule has 0 spiro atoms. The van der Waals surface area contributed by atoms with Gasteiger partial charge in [-0.2, -0.15) is 0 Å². The van der Waals surface area contributed by atoms with Crippen molar-refractivity contribution in [2.75, 3.05) is 33.0 Å². The molecule has 20 atom stereocenters. The molecule has 12 N–H and O–H groups in total. The third-order valence-electron chi connectivity index (χ3n) is 15.9. The van der Waals surface area contributed by atoms with Crippen LogP contribution in [0.2, 0.25) is 0 Å². The molecule has 9 unspecified atom stereocenters. The van der Waals surface area contributed by atoms with E-state index in [9.17, 15) is 101 Å². The maximum atomic E-state index is 14.1.